The molecule has 0 spiro atoms. The summed E-state index contributed by atoms with van der Waals surface area (Å²) in [6.07, 6.45) is 0.243. The predicted molar refractivity (Wildman–Crippen MR) is 125 cm³/mol. The van der Waals surface area contributed by atoms with Gasteiger partial charge in [0.2, 0.25) is 5.91 Å². The number of carbonyl (C=O) groups excluding carboxylic acids is 1. The van der Waals surface area contributed by atoms with E-state index in [1.54, 1.807) is 50.4 Å². The Morgan fingerprint density at radius 1 is 0.938 bits per heavy atom. The van der Waals surface area contributed by atoms with E-state index in [-0.39, 0.29) is 17.2 Å². The van der Waals surface area contributed by atoms with Crippen molar-refractivity contribution >= 4 is 27.3 Å². The van der Waals surface area contributed by atoms with E-state index in [9.17, 15) is 13.2 Å². The van der Waals surface area contributed by atoms with Crippen LogP contribution in [0, 0.1) is 6.92 Å². The Morgan fingerprint density at radius 3 is 2.16 bits per heavy atom. The minimum absolute atomic E-state index is 0.140. The lowest BCUT2D eigenvalue weighted by Crippen LogP contribution is -2.20. The number of rotatable bonds is 8. The van der Waals surface area contributed by atoms with Crippen LogP contribution >= 0.6 is 0 Å². The number of nitrogens with one attached hydrogen (secondary N) is 2. The molecule has 0 unspecified atom stereocenters. The average molecular weight is 452 g/mol. The van der Waals surface area contributed by atoms with Crippen LogP contribution in [0.1, 0.15) is 23.6 Å². The highest BCUT2D eigenvalue weighted by atomic mass is 32.2. The maximum atomic E-state index is 12.4. The van der Waals surface area contributed by atoms with E-state index in [0.29, 0.717) is 11.4 Å². The Morgan fingerprint density at radius 2 is 1.56 bits per heavy atom. The maximum Gasteiger partial charge on any atom is 0.276 e. The van der Waals surface area contributed by atoms with Crippen LogP contribution in [0.5, 0.6) is 5.75 Å². The molecule has 7 nitrogen and oxygen atoms in total. The number of carbonyl (C=O) groups is 1. The molecule has 0 aliphatic rings. The maximum absolute atomic E-state index is 12.4. The van der Waals surface area contributed by atoms with Crippen molar-refractivity contribution in [1.82, 2.24) is 4.83 Å². The summed E-state index contributed by atoms with van der Waals surface area (Å²) in [7, 11) is -2.15. The lowest BCUT2D eigenvalue weighted by Gasteiger charge is -2.08. The zero-order valence-electron chi connectivity index (χ0n) is 18.1. The SMILES string of the molecule is COc1ccc(CC(=O)Nc2ccc(/C(C)=N/NS(=O)(=O)c3ccc(C)cc3)cc2)cc1. The minimum atomic E-state index is -3.74. The third kappa shape index (κ3) is 6.18. The van der Waals surface area contributed by atoms with Gasteiger partial charge in [-0.15, -0.1) is 0 Å². The molecular formula is C24H25N3O4S. The summed E-state index contributed by atoms with van der Waals surface area (Å²) in [5.41, 5.74) is 3.71. The fourth-order valence-corrected chi connectivity index (χ4v) is 3.75. The van der Waals surface area contributed by atoms with Crippen molar-refractivity contribution in [3.63, 3.8) is 0 Å². The van der Waals surface area contributed by atoms with Gasteiger partial charge in [-0.3, -0.25) is 4.79 Å². The standard InChI is InChI=1S/C24H25N3O4S/c1-17-4-14-23(15-5-17)32(29,30)27-26-18(2)20-8-10-21(11-9-20)25-24(28)16-19-6-12-22(31-3)13-7-19/h4-15,27H,16H2,1-3H3,(H,25,28)/b26-18+. The molecule has 1 amide bonds. The molecule has 32 heavy (non-hydrogen) atoms. The molecule has 0 heterocycles. The van der Waals surface area contributed by atoms with Gasteiger partial charge in [0, 0.05) is 5.69 Å². The van der Waals surface area contributed by atoms with Crippen molar-refractivity contribution in [2.45, 2.75) is 25.2 Å². The smallest absolute Gasteiger partial charge is 0.276 e. The second kappa shape index (κ2) is 10.1. The van der Waals surface area contributed by atoms with E-state index >= 15 is 0 Å². The Bertz CT molecular complexity index is 1200. The highest BCUT2D eigenvalue weighted by Gasteiger charge is 2.12. The molecule has 3 aromatic rings. The van der Waals surface area contributed by atoms with Crippen LogP contribution in [0.3, 0.4) is 0 Å². The van der Waals surface area contributed by atoms with Crippen molar-refractivity contribution < 1.29 is 17.9 Å². The number of sulfonamides is 1. The van der Waals surface area contributed by atoms with Crippen LogP contribution in [0.4, 0.5) is 5.69 Å². The number of hydrogen-bond donors (Lipinski definition) is 2. The van der Waals surface area contributed by atoms with E-state index in [1.807, 2.05) is 31.2 Å². The molecule has 0 bridgehead atoms. The number of ether oxygens (including phenoxy) is 1. The topological polar surface area (TPSA) is 96.9 Å². The largest absolute Gasteiger partial charge is 0.497 e. The van der Waals surface area contributed by atoms with E-state index in [2.05, 4.69) is 15.2 Å². The minimum Gasteiger partial charge on any atom is -0.497 e. The first kappa shape index (κ1) is 23.0. The van der Waals surface area contributed by atoms with Gasteiger partial charge in [-0.05, 0) is 61.4 Å². The number of benzene rings is 3. The number of aryl methyl sites for hydroxylation is 1. The summed E-state index contributed by atoms with van der Waals surface area (Å²) in [6, 6.07) is 20.9. The van der Waals surface area contributed by atoms with Gasteiger partial charge in [-0.1, -0.05) is 42.0 Å². The Labute approximate surface area is 188 Å². The van der Waals surface area contributed by atoms with Crippen molar-refractivity contribution in [2.24, 2.45) is 5.10 Å². The van der Waals surface area contributed by atoms with Crippen molar-refractivity contribution in [3.05, 3.63) is 89.5 Å². The number of hydrazone groups is 1. The molecule has 166 valence electrons. The average Bonchev–Trinajstić information content (AvgIpc) is 2.79. The molecule has 3 rings (SSSR count). The first-order chi connectivity index (χ1) is 15.3. The number of hydrogen-bond acceptors (Lipinski definition) is 5. The van der Waals surface area contributed by atoms with Gasteiger partial charge < -0.3 is 10.1 Å². The summed E-state index contributed by atoms with van der Waals surface area (Å²) >= 11 is 0. The van der Waals surface area contributed by atoms with Crippen molar-refractivity contribution in [1.29, 1.82) is 0 Å². The third-order valence-corrected chi connectivity index (χ3v) is 6.00. The zero-order valence-corrected chi connectivity index (χ0v) is 18.9. The van der Waals surface area contributed by atoms with E-state index in [4.69, 9.17) is 4.74 Å². The summed E-state index contributed by atoms with van der Waals surface area (Å²) in [5, 5.41) is 6.85. The fourth-order valence-electron chi connectivity index (χ4n) is 2.89. The van der Waals surface area contributed by atoms with Gasteiger partial charge in [0.1, 0.15) is 5.75 Å². The first-order valence-corrected chi connectivity index (χ1v) is 11.4. The molecule has 0 aromatic heterocycles. The second-order valence-corrected chi connectivity index (χ2v) is 8.92. The van der Waals surface area contributed by atoms with Gasteiger partial charge in [-0.2, -0.15) is 18.4 Å². The fraction of sp³-hybridized carbons (Fsp3) is 0.167. The summed E-state index contributed by atoms with van der Waals surface area (Å²) < 4.78 is 29.9. The molecule has 0 aliphatic carbocycles. The lowest BCUT2D eigenvalue weighted by molar-refractivity contribution is -0.115. The first-order valence-electron chi connectivity index (χ1n) is 9.93. The molecule has 0 radical (unpaired) electrons. The van der Waals surface area contributed by atoms with Gasteiger partial charge in [0.25, 0.3) is 10.0 Å². The van der Waals surface area contributed by atoms with Gasteiger partial charge >= 0.3 is 0 Å². The molecule has 0 fully saturated rings. The zero-order chi connectivity index (χ0) is 23.1. The van der Waals surface area contributed by atoms with Crippen LogP contribution < -0.4 is 14.9 Å². The summed E-state index contributed by atoms with van der Waals surface area (Å²) in [4.78, 5) is 14.7. The molecule has 0 saturated heterocycles. The van der Waals surface area contributed by atoms with Crippen molar-refractivity contribution in [2.75, 3.05) is 12.4 Å². The highest BCUT2D eigenvalue weighted by Crippen LogP contribution is 2.15. The van der Waals surface area contributed by atoms with Crippen molar-refractivity contribution in [3.8, 4) is 5.75 Å². The molecule has 8 heteroatoms. The Kier molecular flexibility index (Phi) is 7.27. The van der Waals surface area contributed by atoms with Crippen LogP contribution in [0.2, 0.25) is 0 Å². The molecule has 0 saturated carbocycles. The quantitative estimate of drug-likeness (QED) is 0.401. The molecule has 0 aliphatic heterocycles. The predicted octanol–water partition coefficient (Wildman–Crippen LogP) is 3.89. The third-order valence-electron chi connectivity index (χ3n) is 4.77. The summed E-state index contributed by atoms with van der Waals surface area (Å²) in [5.74, 6) is 0.599. The monoisotopic (exact) mass is 451 g/mol. The molecular weight excluding hydrogens is 426 g/mol. The normalized spacial score (nSPS) is 11.7. The lowest BCUT2D eigenvalue weighted by atomic mass is 10.1. The van der Waals surface area contributed by atoms with Crippen LogP contribution in [-0.2, 0) is 21.2 Å². The second-order valence-electron chi connectivity index (χ2n) is 7.26. The number of anilines is 1. The number of nitrogens with zero attached hydrogens (tertiary/aromatic N) is 1. The van der Waals surface area contributed by atoms with E-state index in [1.165, 1.54) is 12.1 Å². The number of methoxy groups -OCH3 is 1. The van der Waals surface area contributed by atoms with Crippen LogP contribution in [0.25, 0.3) is 0 Å². The van der Waals surface area contributed by atoms with Gasteiger partial charge in [0.05, 0.1) is 24.1 Å². The highest BCUT2D eigenvalue weighted by molar-refractivity contribution is 7.89. The number of amides is 1. The Balaban J connectivity index is 1.60. The van der Waals surface area contributed by atoms with E-state index < -0.39 is 10.0 Å². The van der Waals surface area contributed by atoms with Gasteiger partial charge in [-0.25, -0.2) is 0 Å². The summed E-state index contributed by atoms with van der Waals surface area (Å²) in [6.45, 7) is 3.59. The van der Waals surface area contributed by atoms with Crippen LogP contribution in [-0.4, -0.2) is 27.1 Å². The van der Waals surface area contributed by atoms with Crippen LogP contribution in [0.15, 0.2) is 82.8 Å². The van der Waals surface area contributed by atoms with Gasteiger partial charge in [0.15, 0.2) is 0 Å². The molecule has 0 atom stereocenters. The Hall–Kier alpha value is -3.65. The molecule has 3 aromatic carbocycles. The molecule has 2 N–H and O–H groups in total. The van der Waals surface area contributed by atoms with E-state index in [0.717, 1.165) is 22.4 Å².